The van der Waals surface area contributed by atoms with Crippen LogP contribution >= 0.6 is 27.5 Å². The standard InChI is InChI=1S/C21H21O3PS3/c22-25(26-16-19-10-4-1-5-11-19,27-17-20-12-6-2-7-13-20)28(23,24)18-21-14-8-3-9-15-21/h1-15H,16-18H2. The molecule has 0 bridgehead atoms. The largest absolute Gasteiger partial charge is 0.300 e. The molecule has 146 valence electrons. The van der Waals surface area contributed by atoms with Crippen LogP contribution in [0.3, 0.4) is 0 Å². The molecule has 0 aliphatic carbocycles. The third-order valence-corrected chi connectivity index (χ3v) is 19.9. The van der Waals surface area contributed by atoms with Crippen molar-refractivity contribution in [3.05, 3.63) is 108 Å². The minimum absolute atomic E-state index is 0.214. The second-order valence-corrected chi connectivity index (χ2v) is 19.5. The van der Waals surface area contributed by atoms with E-state index in [1.165, 1.54) is 0 Å². The first-order chi connectivity index (χ1) is 13.5. The molecule has 0 fully saturated rings. The summed E-state index contributed by atoms with van der Waals surface area (Å²) in [6.07, 6.45) is 0. The van der Waals surface area contributed by atoms with Crippen LogP contribution < -0.4 is 0 Å². The van der Waals surface area contributed by atoms with Crippen LogP contribution in [-0.2, 0) is 31.3 Å². The summed E-state index contributed by atoms with van der Waals surface area (Å²) in [5.74, 6) is 0.580. The van der Waals surface area contributed by atoms with Crippen LogP contribution in [-0.4, -0.2) is 8.42 Å². The molecular weight excluding hydrogens is 427 g/mol. The second kappa shape index (κ2) is 9.84. The van der Waals surface area contributed by atoms with E-state index in [-0.39, 0.29) is 5.75 Å². The Bertz CT molecular complexity index is 977. The predicted octanol–water partition coefficient (Wildman–Crippen LogP) is 6.58. The number of hydrogen-bond donors (Lipinski definition) is 0. The molecular formula is C21H21O3PS3. The average molecular weight is 449 g/mol. The summed E-state index contributed by atoms with van der Waals surface area (Å²) in [4.78, 5) is 0. The van der Waals surface area contributed by atoms with E-state index in [2.05, 4.69) is 0 Å². The molecule has 3 rings (SSSR count). The van der Waals surface area contributed by atoms with E-state index >= 15 is 0 Å². The van der Waals surface area contributed by atoms with E-state index in [0.717, 1.165) is 33.9 Å². The highest BCUT2D eigenvalue weighted by molar-refractivity contribution is 9.12. The molecule has 3 aromatic carbocycles. The lowest BCUT2D eigenvalue weighted by Gasteiger charge is -2.18. The Hall–Kier alpha value is -1.46. The highest BCUT2D eigenvalue weighted by Gasteiger charge is 2.39. The second-order valence-electron chi connectivity index (χ2n) is 6.18. The summed E-state index contributed by atoms with van der Waals surface area (Å²) >= 11 is 2.11. The molecule has 0 N–H and O–H groups in total. The fourth-order valence-corrected chi connectivity index (χ4v) is 15.0. The Labute approximate surface area is 174 Å². The van der Waals surface area contributed by atoms with Gasteiger partial charge < -0.3 is 0 Å². The monoisotopic (exact) mass is 448 g/mol. The van der Waals surface area contributed by atoms with Crippen molar-refractivity contribution < 1.29 is 13.0 Å². The van der Waals surface area contributed by atoms with Crippen molar-refractivity contribution in [3.63, 3.8) is 0 Å². The van der Waals surface area contributed by atoms with Gasteiger partial charge in [0.25, 0.3) is 0 Å². The molecule has 3 aromatic rings. The van der Waals surface area contributed by atoms with Crippen molar-refractivity contribution in [2.45, 2.75) is 17.3 Å². The van der Waals surface area contributed by atoms with Gasteiger partial charge in [-0.25, -0.2) is 8.42 Å². The lowest BCUT2D eigenvalue weighted by molar-refractivity contribution is 0.584. The van der Waals surface area contributed by atoms with E-state index in [4.69, 9.17) is 0 Å². The van der Waals surface area contributed by atoms with E-state index in [1.54, 1.807) is 24.3 Å². The summed E-state index contributed by atoms with van der Waals surface area (Å²) in [6.45, 7) is 0. The maximum atomic E-state index is 13.7. The van der Waals surface area contributed by atoms with Gasteiger partial charge in [-0.1, -0.05) is 114 Å². The van der Waals surface area contributed by atoms with Crippen molar-refractivity contribution in [3.8, 4) is 0 Å². The summed E-state index contributed by atoms with van der Waals surface area (Å²) in [5, 5.41) is 0. The zero-order valence-corrected chi connectivity index (χ0v) is 18.5. The quantitative estimate of drug-likeness (QED) is 0.346. The molecule has 7 heteroatoms. The summed E-state index contributed by atoms with van der Waals surface area (Å²) in [5.41, 5.74) is 2.58. The SMILES string of the molecule is O=P(SCc1ccccc1)(SCc1ccccc1)S(=O)(=O)Cc1ccccc1. The highest BCUT2D eigenvalue weighted by Crippen LogP contribution is 2.75. The van der Waals surface area contributed by atoms with Crippen molar-refractivity contribution in [2.24, 2.45) is 0 Å². The minimum Gasteiger partial charge on any atom is -0.283 e. The number of benzene rings is 3. The molecule has 0 atom stereocenters. The third-order valence-electron chi connectivity index (χ3n) is 4.00. The maximum Gasteiger partial charge on any atom is 0.300 e. The molecule has 0 spiro atoms. The molecule has 0 unspecified atom stereocenters. The lowest BCUT2D eigenvalue weighted by Crippen LogP contribution is -2.02. The van der Waals surface area contributed by atoms with E-state index in [9.17, 15) is 13.0 Å². The molecule has 0 radical (unpaired) electrons. The smallest absolute Gasteiger partial charge is 0.283 e. The molecule has 0 heterocycles. The van der Waals surface area contributed by atoms with Gasteiger partial charge in [-0.15, -0.1) is 0 Å². The minimum atomic E-state index is -3.83. The van der Waals surface area contributed by atoms with E-state index in [0.29, 0.717) is 17.1 Å². The van der Waals surface area contributed by atoms with Gasteiger partial charge >= 0.3 is 4.75 Å². The Morgan fingerprint density at radius 3 is 1.36 bits per heavy atom. The Morgan fingerprint density at radius 1 is 0.607 bits per heavy atom. The molecule has 28 heavy (non-hydrogen) atoms. The van der Waals surface area contributed by atoms with E-state index in [1.807, 2.05) is 66.7 Å². The summed E-state index contributed by atoms with van der Waals surface area (Å²) in [7, 11) is -3.83. The molecule has 0 saturated heterocycles. The van der Waals surface area contributed by atoms with Crippen LogP contribution in [0.25, 0.3) is 0 Å². The zero-order chi connectivity index (χ0) is 19.9. The van der Waals surface area contributed by atoms with Crippen LogP contribution in [0, 0.1) is 0 Å². The Balaban J connectivity index is 1.82. The first-order valence-electron chi connectivity index (χ1n) is 8.72. The summed E-state index contributed by atoms with van der Waals surface area (Å²) in [6, 6.07) is 28.0. The lowest BCUT2D eigenvalue weighted by atomic mass is 10.2. The zero-order valence-electron chi connectivity index (χ0n) is 15.2. The van der Waals surface area contributed by atoms with Crippen molar-refractivity contribution in [1.82, 2.24) is 0 Å². The fraction of sp³-hybridized carbons (Fsp3) is 0.143. The van der Waals surface area contributed by atoms with Crippen LogP contribution in [0.4, 0.5) is 0 Å². The molecule has 0 amide bonds. The number of rotatable bonds is 9. The summed E-state index contributed by atoms with van der Waals surface area (Å²) < 4.78 is 36.4. The van der Waals surface area contributed by atoms with Crippen molar-refractivity contribution >= 4 is 37.0 Å². The predicted molar refractivity (Wildman–Crippen MR) is 122 cm³/mol. The first-order valence-corrected chi connectivity index (χ1v) is 15.9. The normalized spacial score (nSPS) is 12.0. The van der Waals surface area contributed by atoms with Gasteiger partial charge in [0.05, 0.1) is 5.75 Å². The Kier molecular flexibility index (Phi) is 7.47. The Morgan fingerprint density at radius 2 is 0.964 bits per heavy atom. The van der Waals surface area contributed by atoms with Gasteiger partial charge in [-0.2, -0.15) is 0 Å². The molecule has 0 aromatic heterocycles. The maximum absolute atomic E-state index is 13.7. The van der Waals surface area contributed by atoms with E-state index < -0.39 is 14.2 Å². The van der Waals surface area contributed by atoms with Crippen molar-refractivity contribution in [1.29, 1.82) is 0 Å². The average Bonchev–Trinajstić information content (AvgIpc) is 2.72. The van der Waals surface area contributed by atoms with Gasteiger partial charge in [0.1, 0.15) is 0 Å². The molecule has 0 saturated carbocycles. The highest BCUT2D eigenvalue weighted by atomic mass is 33.4. The molecule has 0 aliphatic heterocycles. The van der Waals surface area contributed by atoms with Crippen LogP contribution in [0.1, 0.15) is 16.7 Å². The molecule has 3 nitrogen and oxygen atoms in total. The van der Waals surface area contributed by atoms with Gasteiger partial charge in [0, 0.05) is 11.5 Å². The van der Waals surface area contributed by atoms with Crippen LogP contribution in [0.2, 0.25) is 0 Å². The van der Waals surface area contributed by atoms with Crippen LogP contribution in [0.15, 0.2) is 91.0 Å². The third kappa shape index (κ3) is 5.77. The van der Waals surface area contributed by atoms with Crippen molar-refractivity contribution in [2.75, 3.05) is 0 Å². The van der Waals surface area contributed by atoms with Gasteiger partial charge in [-0.05, 0) is 16.7 Å². The number of hydrogen-bond acceptors (Lipinski definition) is 5. The van der Waals surface area contributed by atoms with Crippen LogP contribution in [0.5, 0.6) is 0 Å². The van der Waals surface area contributed by atoms with Gasteiger partial charge in [0.15, 0.2) is 0 Å². The van der Waals surface area contributed by atoms with Gasteiger partial charge in [0.2, 0.25) is 9.46 Å². The fourth-order valence-electron chi connectivity index (χ4n) is 2.52. The first kappa shape index (κ1) is 21.3. The van der Waals surface area contributed by atoms with Gasteiger partial charge in [-0.3, -0.25) is 4.57 Å². The molecule has 0 aliphatic rings. The topological polar surface area (TPSA) is 51.2 Å².